The number of rotatable bonds is 5. The van der Waals surface area contributed by atoms with E-state index < -0.39 is 0 Å². The van der Waals surface area contributed by atoms with Crippen LogP contribution in [0.1, 0.15) is 29.7 Å². The number of aromatic nitrogens is 3. The third-order valence-corrected chi connectivity index (χ3v) is 8.74. The third kappa shape index (κ3) is 4.17. The first-order valence-electron chi connectivity index (χ1n) is 12.8. The van der Waals surface area contributed by atoms with Gasteiger partial charge in [0, 0.05) is 30.1 Å². The molecular formula is C30H31N5OS. The van der Waals surface area contributed by atoms with E-state index in [4.69, 9.17) is 10.1 Å². The molecule has 7 heteroatoms. The number of aryl methyl sites for hydroxylation is 2. The minimum atomic E-state index is -0.138. The van der Waals surface area contributed by atoms with Gasteiger partial charge in [0.15, 0.2) is 5.69 Å². The van der Waals surface area contributed by atoms with Crippen LogP contribution in [-0.2, 0) is 7.05 Å². The highest BCUT2D eigenvalue weighted by atomic mass is 32.1. The number of hydrogen-bond donors (Lipinski definition) is 0. The SMILES string of the molecule is Cc1ccc(-c2csc(=Nc3c(C)n(C)n(-c4ccccc4)c3=O)n2N=CC2CC3C=CC2C3)cc1C. The van der Waals surface area contributed by atoms with Gasteiger partial charge in [-0.1, -0.05) is 42.5 Å². The summed E-state index contributed by atoms with van der Waals surface area (Å²) in [7, 11) is 1.90. The Morgan fingerprint density at radius 2 is 1.81 bits per heavy atom. The number of para-hydroxylation sites is 1. The van der Waals surface area contributed by atoms with Crippen molar-refractivity contribution in [3.05, 3.63) is 98.0 Å². The van der Waals surface area contributed by atoms with Crippen LogP contribution in [0.4, 0.5) is 5.69 Å². The highest BCUT2D eigenvalue weighted by Crippen LogP contribution is 2.42. The van der Waals surface area contributed by atoms with E-state index >= 15 is 0 Å². The smallest absolute Gasteiger partial charge is 0.283 e. The van der Waals surface area contributed by atoms with E-state index in [-0.39, 0.29) is 5.56 Å². The van der Waals surface area contributed by atoms with Crippen molar-refractivity contribution in [2.45, 2.75) is 33.6 Å². The van der Waals surface area contributed by atoms with Crippen molar-refractivity contribution in [2.24, 2.45) is 34.9 Å². The highest BCUT2D eigenvalue weighted by molar-refractivity contribution is 7.07. The van der Waals surface area contributed by atoms with Gasteiger partial charge in [-0.25, -0.2) is 14.4 Å². The van der Waals surface area contributed by atoms with Crippen LogP contribution in [0.25, 0.3) is 16.9 Å². The second-order valence-electron chi connectivity index (χ2n) is 10.2. The molecule has 0 saturated heterocycles. The molecule has 188 valence electrons. The summed E-state index contributed by atoms with van der Waals surface area (Å²) in [5, 5.41) is 7.09. The van der Waals surface area contributed by atoms with E-state index in [0.717, 1.165) is 29.1 Å². The fourth-order valence-electron chi connectivity index (χ4n) is 5.51. The molecule has 0 radical (unpaired) electrons. The number of nitrogens with zero attached hydrogens (tertiary/aromatic N) is 5. The maximum atomic E-state index is 13.5. The molecule has 0 aliphatic heterocycles. The molecule has 6 rings (SSSR count). The van der Waals surface area contributed by atoms with Crippen molar-refractivity contribution in [3.8, 4) is 16.9 Å². The molecule has 2 heterocycles. The molecule has 6 nitrogen and oxygen atoms in total. The quantitative estimate of drug-likeness (QED) is 0.244. The van der Waals surface area contributed by atoms with E-state index in [1.54, 1.807) is 4.68 Å². The Labute approximate surface area is 220 Å². The normalized spacial score (nSPS) is 21.1. The van der Waals surface area contributed by atoms with Crippen LogP contribution in [-0.4, -0.2) is 20.3 Å². The lowest BCUT2D eigenvalue weighted by atomic mass is 9.95. The Bertz CT molecular complexity index is 1660. The van der Waals surface area contributed by atoms with Gasteiger partial charge in [-0.15, -0.1) is 11.3 Å². The summed E-state index contributed by atoms with van der Waals surface area (Å²) < 4.78 is 5.45. The molecule has 0 amide bonds. The Hall–Kier alpha value is -3.71. The molecular weight excluding hydrogens is 478 g/mol. The van der Waals surface area contributed by atoms with Gasteiger partial charge < -0.3 is 0 Å². The monoisotopic (exact) mass is 509 g/mol. The van der Waals surface area contributed by atoms with E-state index in [2.05, 4.69) is 55.8 Å². The van der Waals surface area contributed by atoms with Gasteiger partial charge in [0.1, 0.15) is 0 Å². The Morgan fingerprint density at radius 3 is 2.51 bits per heavy atom. The molecule has 2 aliphatic carbocycles. The molecule has 37 heavy (non-hydrogen) atoms. The summed E-state index contributed by atoms with van der Waals surface area (Å²) in [6.07, 6.45) is 9.18. The number of fused-ring (bicyclic) bond motifs is 2. The molecule has 2 bridgehead atoms. The molecule has 1 saturated carbocycles. The standard InChI is InChI=1S/C30H31N5OS/c1-19-10-12-24(14-20(19)2)27-18-37-30(34(27)31-17-25-16-22-11-13-23(25)15-22)32-28-21(3)33(4)35(29(28)36)26-8-6-5-7-9-26/h5-14,17-18,22-23,25H,15-16H2,1-4H3. The van der Waals surface area contributed by atoms with Crippen molar-refractivity contribution in [1.29, 1.82) is 0 Å². The second-order valence-corrected chi connectivity index (χ2v) is 11.1. The van der Waals surface area contributed by atoms with Crippen molar-refractivity contribution >= 4 is 23.2 Å². The Kier molecular flexibility index (Phi) is 5.95. The number of hydrogen-bond acceptors (Lipinski definition) is 4. The molecule has 2 aromatic carbocycles. The van der Waals surface area contributed by atoms with Crippen molar-refractivity contribution < 1.29 is 0 Å². The summed E-state index contributed by atoms with van der Waals surface area (Å²) in [5.41, 5.74) is 6.50. The molecule has 2 aromatic heterocycles. The van der Waals surface area contributed by atoms with E-state index in [9.17, 15) is 4.79 Å². The fourth-order valence-corrected chi connectivity index (χ4v) is 6.36. The Balaban J connectivity index is 1.50. The minimum absolute atomic E-state index is 0.138. The summed E-state index contributed by atoms with van der Waals surface area (Å²) >= 11 is 1.51. The van der Waals surface area contributed by atoms with Crippen molar-refractivity contribution in [3.63, 3.8) is 0 Å². The predicted molar refractivity (Wildman–Crippen MR) is 151 cm³/mol. The molecule has 4 aromatic rings. The van der Waals surface area contributed by atoms with Crippen LogP contribution in [0.3, 0.4) is 0 Å². The summed E-state index contributed by atoms with van der Waals surface area (Å²) in [6.45, 7) is 6.19. The highest BCUT2D eigenvalue weighted by Gasteiger charge is 2.34. The molecule has 0 N–H and O–H groups in total. The third-order valence-electron chi connectivity index (χ3n) is 7.92. The maximum Gasteiger partial charge on any atom is 0.297 e. The van der Waals surface area contributed by atoms with Crippen LogP contribution in [0, 0.1) is 38.5 Å². The van der Waals surface area contributed by atoms with Gasteiger partial charge >= 0.3 is 0 Å². The van der Waals surface area contributed by atoms with Crippen LogP contribution in [0.2, 0.25) is 0 Å². The van der Waals surface area contributed by atoms with E-state index in [1.165, 1.54) is 28.9 Å². The number of benzene rings is 2. The van der Waals surface area contributed by atoms with E-state index in [1.807, 2.05) is 53.7 Å². The first kappa shape index (κ1) is 23.7. The van der Waals surface area contributed by atoms with Crippen LogP contribution >= 0.6 is 11.3 Å². The average molecular weight is 510 g/mol. The van der Waals surface area contributed by atoms with Gasteiger partial charge in [-0.05, 0) is 74.8 Å². The number of allylic oxidation sites excluding steroid dienone is 2. The summed E-state index contributed by atoms with van der Waals surface area (Å²) in [4.78, 5) is 19.2. The fraction of sp³-hybridized carbons (Fsp3) is 0.300. The lowest BCUT2D eigenvalue weighted by Gasteiger charge is -2.13. The molecule has 2 aliphatic rings. The van der Waals surface area contributed by atoms with Gasteiger partial charge in [0.2, 0.25) is 4.80 Å². The largest absolute Gasteiger partial charge is 0.297 e. The molecule has 3 unspecified atom stereocenters. The zero-order chi connectivity index (χ0) is 25.7. The topological polar surface area (TPSA) is 56.6 Å². The van der Waals surface area contributed by atoms with Gasteiger partial charge in [0.25, 0.3) is 5.56 Å². The van der Waals surface area contributed by atoms with Crippen LogP contribution in [0.5, 0.6) is 0 Å². The second kappa shape index (κ2) is 9.30. The Morgan fingerprint density at radius 1 is 1.00 bits per heavy atom. The lowest BCUT2D eigenvalue weighted by Crippen LogP contribution is -2.20. The summed E-state index contributed by atoms with van der Waals surface area (Å²) in [6, 6.07) is 16.2. The zero-order valence-electron chi connectivity index (χ0n) is 21.6. The lowest BCUT2D eigenvalue weighted by molar-refractivity contribution is 0.590. The van der Waals surface area contributed by atoms with E-state index in [0.29, 0.717) is 28.2 Å². The van der Waals surface area contributed by atoms with Crippen molar-refractivity contribution in [1.82, 2.24) is 14.0 Å². The maximum absolute atomic E-state index is 13.5. The van der Waals surface area contributed by atoms with Crippen molar-refractivity contribution in [2.75, 3.05) is 0 Å². The average Bonchev–Trinajstić information content (AvgIpc) is 3.67. The van der Waals surface area contributed by atoms with Crippen LogP contribution in [0.15, 0.2) is 81.0 Å². The van der Waals surface area contributed by atoms with Gasteiger partial charge in [-0.2, -0.15) is 5.10 Å². The minimum Gasteiger partial charge on any atom is -0.283 e. The predicted octanol–water partition coefficient (Wildman–Crippen LogP) is 5.91. The molecule has 0 spiro atoms. The van der Waals surface area contributed by atoms with Gasteiger partial charge in [-0.3, -0.25) is 9.48 Å². The molecule has 3 atom stereocenters. The first-order valence-corrected chi connectivity index (χ1v) is 13.7. The van der Waals surface area contributed by atoms with Crippen LogP contribution < -0.4 is 10.4 Å². The first-order chi connectivity index (χ1) is 17.9. The number of thiazole rings is 1. The zero-order valence-corrected chi connectivity index (χ0v) is 22.4. The summed E-state index contributed by atoms with van der Waals surface area (Å²) in [5.74, 6) is 1.70. The van der Waals surface area contributed by atoms with Gasteiger partial charge in [0.05, 0.1) is 17.1 Å². The molecule has 1 fully saturated rings.